The van der Waals surface area contributed by atoms with Gasteiger partial charge in [-0.3, -0.25) is 0 Å². The van der Waals surface area contributed by atoms with E-state index in [9.17, 15) is 4.79 Å². The first-order chi connectivity index (χ1) is 4.12. The number of halogens is 1. The molecule has 1 aliphatic rings. The van der Waals surface area contributed by atoms with Crippen molar-refractivity contribution in [1.29, 1.82) is 0 Å². The number of carbonyl (C=O) groups is 1. The Morgan fingerprint density at radius 2 is 2.20 bits per heavy atom. The van der Waals surface area contributed by atoms with Crippen LogP contribution in [0.25, 0.3) is 0 Å². The Balaban J connectivity index is 0.000000810. The van der Waals surface area contributed by atoms with Gasteiger partial charge in [-0.25, -0.2) is 4.79 Å². The van der Waals surface area contributed by atoms with Gasteiger partial charge in [0.2, 0.25) is 0 Å². The summed E-state index contributed by atoms with van der Waals surface area (Å²) >= 11 is 0. The number of amides is 1. The highest BCUT2D eigenvalue weighted by molar-refractivity contribution is 5.85. The Bertz CT molecular complexity index is 136. The molecule has 5 heteroatoms. The Labute approximate surface area is 65.4 Å². The highest BCUT2D eigenvalue weighted by Crippen LogP contribution is 2.07. The summed E-state index contributed by atoms with van der Waals surface area (Å²) in [5, 5.41) is 13.7. The topological polar surface area (TPSA) is 61.4 Å². The lowest BCUT2D eigenvalue weighted by molar-refractivity contribution is 0.164. The molecule has 0 spiro atoms. The maximum Gasteiger partial charge on any atom is 0.405 e. The predicted octanol–water partition coefficient (Wildman–Crippen LogP) is 0.0377. The van der Waals surface area contributed by atoms with Crippen LogP contribution in [0, 0.1) is 0 Å². The van der Waals surface area contributed by atoms with Crippen molar-refractivity contribution in [3.8, 4) is 0 Å². The molecule has 0 aromatic rings. The molecule has 0 atom stereocenters. The molecule has 0 radical (unpaired) electrons. The SMILES string of the molecule is CC1(NC(=O)O)CNC1.Cl. The van der Waals surface area contributed by atoms with Crippen molar-refractivity contribution in [2.75, 3.05) is 13.1 Å². The molecule has 0 unspecified atom stereocenters. The molecule has 60 valence electrons. The molecule has 0 saturated carbocycles. The van der Waals surface area contributed by atoms with Crippen LogP contribution in [0.15, 0.2) is 0 Å². The van der Waals surface area contributed by atoms with Gasteiger partial charge in [-0.2, -0.15) is 0 Å². The summed E-state index contributed by atoms with van der Waals surface area (Å²) < 4.78 is 0. The highest BCUT2D eigenvalue weighted by atomic mass is 35.5. The molecule has 1 amide bonds. The van der Waals surface area contributed by atoms with Gasteiger partial charge in [0.15, 0.2) is 0 Å². The maximum atomic E-state index is 10.1. The minimum absolute atomic E-state index is 0. The quantitative estimate of drug-likeness (QED) is 0.516. The van der Waals surface area contributed by atoms with Crippen LogP contribution in [0.2, 0.25) is 0 Å². The van der Waals surface area contributed by atoms with E-state index in [-0.39, 0.29) is 17.9 Å². The molecule has 1 saturated heterocycles. The van der Waals surface area contributed by atoms with Crippen LogP contribution in [0.4, 0.5) is 4.79 Å². The molecule has 0 aromatic carbocycles. The Morgan fingerprint density at radius 1 is 1.70 bits per heavy atom. The molecule has 1 aliphatic heterocycles. The summed E-state index contributed by atoms with van der Waals surface area (Å²) in [6, 6.07) is 0. The predicted molar refractivity (Wildman–Crippen MR) is 39.7 cm³/mol. The molecule has 1 heterocycles. The third kappa shape index (κ3) is 2.04. The van der Waals surface area contributed by atoms with Crippen LogP contribution in [0.1, 0.15) is 6.92 Å². The fourth-order valence-electron chi connectivity index (χ4n) is 0.847. The summed E-state index contributed by atoms with van der Waals surface area (Å²) in [4.78, 5) is 10.1. The number of rotatable bonds is 1. The van der Waals surface area contributed by atoms with Gasteiger partial charge in [0.25, 0.3) is 0 Å². The molecule has 10 heavy (non-hydrogen) atoms. The molecule has 0 aliphatic carbocycles. The van der Waals surface area contributed by atoms with Gasteiger partial charge in [-0.1, -0.05) is 0 Å². The van der Waals surface area contributed by atoms with Crippen LogP contribution in [-0.2, 0) is 0 Å². The molecule has 0 aromatic heterocycles. The average molecular weight is 167 g/mol. The summed E-state index contributed by atoms with van der Waals surface area (Å²) in [5.41, 5.74) is -0.216. The zero-order valence-electron chi connectivity index (χ0n) is 5.68. The highest BCUT2D eigenvalue weighted by Gasteiger charge is 2.32. The number of nitrogens with one attached hydrogen (secondary N) is 2. The lowest BCUT2D eigenvalue weighted by Crippen LogP contribution is -2.66. The van der Waals surface area contributed by atoms with E-state index >= 15 is 0 Å². The first-order valence-corrected chi connectivity index (χ1v) is 2.84. The molecule has 0 bridgehead atoms. The van der Waals surface area contributed by atoms with Gasteiger partial charge >= 0.3 is 6.09 Å². The lowest BCUT2D eigenvalue weighted by atomic mass is 9.96. The Hall–Kier alpha value is -0.480. The summed E-state index contributed by atoms with van der Waals surface area (Å²) in [7, 11) is 0. The van der Waals surface area contributed by atoms with Crippen molar-refractivity contribution in [2.45, 2.75) is 12.5 Å². The second kappa shape index (κ2) is 3.07. The lowest BCUT2D eigenvalue weighted by Gasteiger charge is -2.38. The monoisotopic (exact) mass is 166 g/mol. The second-order valence-corrected chi connectivity index (χ2v) is 2.59. The van der Waals surface area contributed by atoms with Crippen LogP contribution >= 0.6 is 12.4 Å². The van der Waals surface area contributed by atoms with E-state index < -0.39 is 6.09 Å². The molecular formula is C5H11ClN2O2. The van der Waals surface area contributed by atoms with Crippen molar-refractivity contribution in [3.05, 3.63) is 0 Å². The zero-order valence-corrected chi connectivity index (χ0v) is 6.49. The number of hydrogen-bond acceptors (Lipinski definition) is 2. The minimum atomic E-state index is -0.945. The molecular weight excluding hydrogens is 156 g/mol. The van der Waals surface area contributed by atoms with Crippen molar-refractivity contribution in [3.63, 3.8) is 0 Å². The number of hydrogen-bond donors (Lipinski definition) is 3. The van der Waals surface area contributed by atoms with E-state index in [2.05, 4.69) is 10.6 Å². The van der Waals surface area contributed by atoms with Gasteiger partial charge < -0.3 is 15.7 Å². The fraction of sp³-hybridized carbons (Fsp3) is 0.800. The van der Waals surface area contributed by atoms with E-state index in [4.69, 9.17) is 5.11 Å². The largest absolute Gasteiger partial charge is 0.465 e. The molecule has 1 fully saturated rings. The average Bonchev–Trinajstić information content (AvgIpc) is 1.60. The second-order valence-electron chi connectivity index (χ2n) is 2.59. The summed E-state index contributed by atoms with van der Waals surface area (Å²) in [6.45, 7) is 3.34. The van der Waals surface area contributed by atoms with Gasteiger partial charge in [-0.05, 0) is 6.92 Å². The van der Waals surface area contributed by atoms with Crippen LogP contribution < -0.4 is 10.6 Å². The van der Waals surface area contributed by atoms with Crippen LogP contribution in [-0.4, -0.2) is 29.8 Å². The Morgan fingerprint density at radius 3 is 2.30 bits per heavy atom. The van der Waals surface area contributed by atoms with E-state index in [1.807, 2.05) is 6.92 Å². The van der Waals surface area contributed by atoms with Crippen molar-refractivity contribution in [2.24, 2.45) is 0 Å². The minimum Gasteiger partial charge on any atom is -0.465 e. The maximum absolute atomic E-state index is 10.1. The summed E-state index contributed by atoms with van der Waals surface area (Å²) in [6.07, 6.45) is -0.945. The van der Waals surface area contributed by atoms with Crippen LogP contribution in [0.5, 0.6) is 0 Å². The van der Waals surface area contributed by atoms with E-state index in [1.165, 1.54) is 0 Å². The van der Waals surface area contributed by atoms with Crippen molar-refractivity contribution >= 4 is 18.5 Å². The van der Waals surface area contributed by atoms with E-state index in [0.717, 1.165) is 13.1 Å². The van der Waals surface area contributed by atoms with E-state index in [0.29, 0.717) is 0 Å². The first kappa shape index (κ1) is 9.52. The summed E-state index contributed by atoms with van der Waals surface area (Å²) in [5.74, 6) is 0. The first-order valence-electron chi connectivity index (χ1n) is 2.84. The zero-order chi connectivity index (χ0) is 6.91. The normalized spacial score (nSPS) is 20.1. The van der Waals surface area contributed by atoms with Gasteiger partial charge in [0.1, 0.15) is 0 Å². The van der Waals surface area contributed by atoms with E-state index in [1.54, 1.807) is 0 Å². The molecule has 4 nitrogen and oxygen atoms in total. The molecule has 3 N–H and O–H groups in total. The number of carboxylic acid groups (broad SMARTS) is 1. The molecule has 1 rings (SSSR count). The van der Waals surface area contributed by atoms with Gasteiger partial charge in [0, 0.05) is 13.1 Å². The fourth-order valence-corrected chi connectivity index (χ4v) is 0.847. The van der Waals surface area contributed by atoms with Crippen LogP contribution in [0.3, 0.4) is 0 Å². The van der Waals surface area contributed by atoms with Crippen molar-refractivity contribution in [1.82, 2.24) is 10.6 Å². The third-order valence-electron chi connectivity index (χ3n) is 1.44. The Kier molecular flexibility index (Phi) is 2.93. The van der Waals surface area contributed by atoms with Gasteiger partial charge in [-0.15, -0.1) is 12.4 Å². The third-order valence-corrected chi connectivity index (χ3v) is 1.44. The van der Waals surface area contributed by atoms with Crippen molar-refractivity contribution < 1.29 is 9.90 Å². The van der Waals surface area contributed by atoms with Gasteiger partial charge in [0.05, 0.1) is 5.54 Å². The standard InChI is InChI=1S/C5H10N2O2.ClH/c1-5(2-6-3-5)7-4(8)9;/h6-7H,2-3H2,1H3,(H,8,9);1H. The smallest absolute Gasteiger partial charge is 0.405 e.